The van der Waals surface area contributed by atoms with Crippen molar-refractivity contribution in [2.45, 2.75) is 57.0 Å². The fourth-order valence-corrected chi connectivity index (χ4v) is 8.11. The van der Waals surface area contributed by atoms with Gasteiger partial charge >= 0.3 is 0 Å². The Balaban J connectivity index is 1.27. The van der Waals surface area contributed by atoms with Crippen LogP contribution in [0, 0.1) is 29.1 Å². The summed E-state index contributed by atoms with van der Waals surface area (Å²) in [6.07, 6.45) is 5.73. The molecule has 4 heteroatoms. The van der Waals surface area contributed by atoms with E-state index in [0.717, 1.165) is 54.3 Å². The molecule has 0 aliphatic heterocycles. The molecule has 3 aromatic carbocycles. The second-order valence-electron chi connectivity index (χ2n) is 11.8. The number of aliphatic hydroxyl groups is 1. The van der Waals surface area contributed by atoms with Gasteiger partial charge in [0.25, 0.3) is 0 Å². The summed E-state index contributed by atoms with van der Waals surface area (Å²) in [7, 11) is 0. The molecule has 5 atom stereocenters. The SMILES string of the molecule is C[C@]12CC[C@@H]3c4ccc(O)cc4CC[C@H]3[C@@H]1CC[C@@]2(O)C#Cc1c(-c2ccccc2O)[nH]c2ccccc12. The quantitative estimate of drug-likeness (QED) is 0.214. The predicted molar refractivity (Wildman–Crippen MR) is 150 cm³/mol. The number of aromatic amines is 1. The smallest absolute Gasteiger partial charge is 0.131 e. The van der Waals surface area contributed by atoms with E-state index in [1.807, 2.05) is 54.6 Å². The summed E-state index contributed by atoms with van der Waals surface area (Å²) in [5.41, 5.74) is 4.64. The number of phenolic OH excluding ortho intramolecular Hbond substituents is 2. The van der Waals surface area contributed by atoms with Gasteiger partial charge in [0.1, 0.15) is 17.1 Å². The first-order chi connectivity index (χ1) is 18.4. The standard InChI is InChI=1S/C34H33NO3/c1-33-17-14-24-23-13-11-22(36)20-21(23)10-12-25(24)29(33)16-19-34(33,38)18-15-27-26-6-2-4-8-30(26)35-32(27)28-7-3-5-9-31(28)37/h2-9,11,13,20,24-25,29,35-38H,10,12,14,16-17,19H2,1H3/t24-,25-,29+,33+,34+/m1/s1. The number of hydrogen-bond donors (Lipinski definition) is 4. The molecule has 2 fully saturated rings. The van der Waals surface area contributed by atoms with E-state index in [9.17, 15) is 15.3 Å². The number of aryl methyl sites for hydroxylation is 1. The first-order valence-electron chi connectivity index (χ1n) is 13.8. The molecule has 0 amide bonds. The second kappa shape index (κ2) is 8.41. The molecule has 2 saturated carbocycles. The normalized spacial score (nSPS) is 29.7. The summed E-state index contributed by atoms with van der Waals surface area (Å²) in [6, 6.07) is 21.3. The van der Waals surface area contributed by atoms with Crippen LogP contribution in [0.1, 0.15) is 61.6 Å². The number of para-hydroxylation sites is 2. The molecule has 0 saturated heterocycles. The van der Waals surface area contributed by atoms with Gasteiger partial charge in [0.05, 0.1) is 11.3 Å². The van der Waals surface area contributed by atoms with Gasteiger partial charge in [-0.3, -0.25) is 0 Å². The Morgan fingerprint density at radius 1 is 0.921 bits per heavy atom. The highest BCUT2D eigenvalue weighted by Crippen LogP contribution is 2.64. The molecular weight excluding hydrogens is 470 g/mol. The number of aromatic nitrogens is 1. The minimum absolute atomic E-state index is 0.206. The fourth-order valence-electron chi connectivity index (χ4n) is 8.11. The Bertz CT molecular complexity index is 1620. The van der Waals surface area contributed by atoms with Gasteiger partial charge in [0, 0.05) is 21.9 Å². The molecule has 4 aromatic rings. The molecule has 0 bridgehead atoms. The summed E-state index contributed by atoms with van der Waals surface area (Å²) in [5, 5.41) is 33.8. The van der Waals surface area contributed by atoms with Gasteiger partial charge in [-0.05, 0) is 97.7 Å². The van der Waals surface area contributed by atoms with Crippen LogP contribution in [0.15, 0.2) is 66.7 Å². The lowest BCUT2D eigenvalue weighted by Crippen LogP contribution is -2.50. The summed E-state index contributed by atoms with van der Waals surface area (Å²) in [6.45, 7) is 2.26. The predicted octanol–water partition coefficient (Wildman–Crippen LogP) is 6.89. The van der Waals surface area contributed by atoms with Gasteiger partial charge in [-0.25, -0.2) is 0 Å². The largest absolute Gasteiger partial charge is 0.508 e. The monoisotopic (exact) mass is 503 g/mol. The minimum Gasteiger partial charge on any atom is -0.508 e. The van der Waals surface area contributed by atoms with Gasteiger partial charge in [-0.1, -0.05) is 55.2 Å². The van der Waals surface area contributed by atoms with Crippen molar-refractivity contribution in [1.29, 1.82) is 0 Å². The van der Waals surface area contributed by atoms with Crippen LogP contribution in [-0.4, -0.2) is 25.9 Å². The number of nitrogens with one attached hydrogen (secondary N) is 1. The van der Waals surface area contributed by atoms with E-state index in [-0.39, 0.29) is 11.2 Å². The third-order valence-electron chi connectivity index (χ3n) is 10.1. The van der Waals surface area contributed by atoms with Gasteiger partial charge in [0.15, 0.2) is 0 Å². The van der Waals surface area contributed by atoms with Crippen LogP contribution >= 0.6 is 0 Å². The molecule has 1 aromatic heterocycles. The zero-order valence-corrected chi connectivity index (χ0v) is 21.7. The topological polar surface area (TPSA) is 76.5 Å². The van der Waals surface area contributed by atoms with Gasteiger partial charge in [-0.2, -0.15) is 0 Å². The molecule has 0 radical (unpaired) electrons. The number of benzene rings is 3. The Morgan fingerprint density at radius 2 is 1.74 bits per heavy atom. The number of rotatable bonds is 1. The number of aromatic hydroxyl groups is 2. The fraction of sp³-hybridized carbons (Fsp3) is 0.353. The summed E-state index contributed by atoms with van der Waals surface area (Å²) >= 11 is 0. The van der Waals surface area contributed by atoms with Crippen molar-refractivity contribution in [2.75, 3.05) is 0 Å². The van der Waals surface area contributed by atoms with Crippen LogP contribution in [-0.2, 0) is 6.42 Å². The molecule has 3 aliphatic rings. The van der Waals surface area contributed by atoms with Crippen molar-refractivity contribution in [3.05, 3.63) is 83.4 Å². The highest BCUT2D eigenvalue weighted by atomic mass is 16.3. The van der Waals surface area contributed by atoms with Crippen molar-refractivity contribution >= 4 is 10.9 Å². The molecule has 0 spiro atoms. The zero-order valence-electron chi connectivity index (χ0n) is 21.7. The lowest BCUT2D eigenvalue weighted by Gasteiger charge is -2.52. The lowest BCUT2D eigenvalue weighted by atomic mass is 9.53. The van der Waals surface area contributed by atoms with Crippen molar-refractivity contribution in [2.24, 2.45) is 17.3 Å². The minimum atomic E-state index is -1.06. The number of phenols is 2. The maximum atomic E-state index is 12.2. The highest BCUT2D eigenvalue weighted by Gasteiger charge is 2.61. The van der Waals surface area contributed by atoms with Gasteiger partial charge in [-0.15, -0.1) is 0 Å². The van der Waals surface area contributed by atoms with Gasteiger partial charge < -0.3 is 20.3 Å². The van der Waals surface area contributed by atoms with E-state index >= 15 is 0 Å². The van der Waals surface area contributed by atoms with E-state index in [1.54, 1.807) is 6.07 Å². The first-order valence-corrected chi connectivity index (χ1v) is 13.8. The van der Waals surface area contributed by atoms with Crippen LogP contribution in [0.5, 0.6) is 11.5 Å². The van der Waals surface area contributed by atoms with Crippen LogP contribution < -0.4 is 0 Å². The maximum absolute atomic E-state index is 12.2. The third-order valence-corrected chi connectivity index (χ3v) is 10.1. The van der Waals surface area contributed by atoms with E-state index in [4.69, 9.17) is 0 Å². The van der Waals surface area contributed by atoms with Crippen LogP contribution in [0.25, 0.3) is 22.2 Å². The van der Waals surface area contributed by atoms with Crippen LogP contribution in [0.4, 0.5) is 0 Å². The number of hydrogen-bond acceptors (Lipinski definition) is 3. The average Bonchev–Trinajstić information content (AvgIpc) is 3.42. The van der Waals surface area contributed by atoms with Gasteiger partial charge in [0.2, 0.25) is 0 Å². The Hall–Kier alpha value is -3.68. The molecule has 0 unspecified atom stereocenters. The summed E-state index contributed by atoms with van der Waals surface area (Å²) in [5.74, 6) is 8.85. The molecule has 4 N–H and O–H groups in total. The van der Waals surface area contributed by atoms with E-state index in [1.165, 1.54) is 11.1 Å². The molecule has 1 heterocycles. The first kappa shape index (κ1) is 23.4. The van der Waals surface area contributed by atoms with E-state index in [2.05, 4.69) is 29.8 Å². The van der Waals surface area contributed by atoms with E-state index < -0.39 is 5.60 Å². The highest BCUT2D eigenvalue weighted by molar-refractivity contribution is 5.94. The Labute approximate surface area is 223 Å². The maximum Gasteiger partial charge on any atom is 0.131 e. The zero-order chi connectivity index (χ0) is 26.1. The second-order valence-corrected chi connectivity index (χ2v) is 11.8. The molecule has 192 valence electrons. The van der Waals surface area contributed by atoms with Crippen molar-refractivity contribution < 1.29 is 15.3 Å². The van der Waals surface area contributed by atoms with Crippen molar-refractivity contribution in [3.8, 4) is 34.6 Å². The van der Waals surface area contributed by atoms with Crippen LogP contribution in [0.2, 0.25) is 0 Å². The Morgan fingerprint density at radius 3 is 2.61 bits per heavy atom. The molecule has 4 nitrogen and oxygen atoms in total. The lowest BCUT2D eigenvalue weighted by molar-refractivity contribution is -0.0647. The molecule has 3 aliphatic carbocycles. The molecule has 38 heavy (non-hydrogen) atoms. The number of fused-ring (bicyclic) bond motifs is 6. The summed E-state index contributed by atoms with van der Waals surface area (Å²) < 4.78 is 0. The van der Waals surface area contributed by atoms with Crippen LogP contribution in [0.3, 0.4) is 0 Å². The Kier molecular flexibility index (Phi) is 5.19. The average molecular weight is 504 g/mol. The number of H-pyrrole nitrogens is 1. The summed E-state index contributed by atoms with van der Waals surface area (Å²) in [4.78, 5) is 3.46. The van der Waals surface area contributed by atoms with E-state index in [0.29, 0.717) is 35.5 Å². The molecular formula is C34H33NO3. The molecule has 7 rings (SSSR count). The van der Waals surface area contributed by atoms with Crippen molar-refractivity contribution in [1.82, 2.24) is 4.98 Å². The third kappa shape index (κ3) is 3.35. The van der Waals surface area contributed by atoms with Crippen molar-refractivity contribution in [3.63, 3.8) is 0 Å².